The summed E-state index contributed by atoms with van der Waals surface area (Å²) in [4.78, 5) is 57.8. The third-order valence-electron chi connectivity index (χ3n) is 6.47. The van der Waals surface area contributed by atoms with Crippen LogP contribution in [0.3, 0.4) is 0 Å². The van der Waals surface area contributed by atoms with Crippen LogP contribution < -0.4 is 14.8 Å². The number of carbonyl (C=O) groups excluding carboxylic acids is 4. The van der Waals surface area contributed by atoms with Gasteiger partial charge in [0.25, 0.3) is 11.8 Å². The Bertz CT molecular complexity index is 1500. The molecule has 2 aliphatic rings. The van der Waals surface area contributed by atoms with Gasteiger partial charge in [0.15, 0.2) is 16.7 Å². The standard InChI is InChI=1S/C30H31N3O8S/c1-6-40-28(36)18-11-13-20(14-12-18)32-27(35)23-16-24(34)33-21(15-19-9-8-10-22(38-4)26(19)39-5)25(29(37)41-7-2)17(3)31-30(33)42-23/h8-14,16,21H,6-7,15H2,1-5H3,(H,32,35)/t21-/m1/s1. The number of amides is 2. The second-order valence-electron chi connectivity index (χ2n) is 9.06. The Kier molecular flexibility index (Phi) is 9.68. The fourth-order valence-corrected chi connectivity index (χ4v) is 5.61. The fraction of sp³-hybridized carbons (Fsp3) is 0.300. The van der Waals surface area contributed by atoms with Crippen molar-refractivity contribution in [3.8, 4) is 11.5 Å². The van der Waals surface area contributed by atoms with Crippen LogP contribution in [-0.2, 0) is 30.3 Å². The molecule has 0 spiro atoms. The minimum atomic E-state index is -0.783. The quantitative estimate of drug-likeness (QED) is 0.404. The van der Waals surface area contributed by atoms with Crippen LogP contribution in [0.1, 0.15) is 36.7 Å². The maximum atomic E-state index is 13.6. The first-order valence-corrected chi connectivity index (χ1v) is 14.0. The summed E-state index contributed by atoms with van der Waals surface area (Å²) in [6, 6.07) is 10.8. The van der Waals surface area contributed by atoms with Gasteiger partial charge in [0.2, 0.25) is 0 Å². The lowest BCUT2D eigenvalue weighted by molar-refractivity contribution is -0.139. The lowest BCUT2D eigenvalue weighted by Gasteiger charge is -2.38. The van der Waals surface area contributed by atoms with Crippen molar-refractivity contribution in [1.29, 1.82) is 0 Å². The van der Waals surface area contributed by atoms with Gasteiger partial charge in [-0.05, 0) is 62.9 Å². The molecule has 0 unspecified atom stereocenters. The summed E-state index contributed by atoms with van der Waals surface area (Å²) < 4.78 is 21.3. The molecule has 0 saturated carbocycles. The fourth-order valence-electron chi connectivity index (χ4n) is 4.61. The summed E-state index contributed by atoms with van der Waals surface area (Å²) in [7, 11) is 3.04. The Morgan fingerprint density at radius 3 is 2.31 bits per heavy atom. The summed E-state index contributed by atoms with van der Waals surface area (Å²) in [5.74, 6) is -1.10. The monoisotopic (exact) mass is 593 g/mol. The van der Waals surface area contributed by atoms with Crippen molar-refractivity contribution in [3.05, 3.63) is 75.8 Å². The van der Waals surface area contributed by atoms with Crippen molar-refractivity contribution < 1.29 is 38.1 Å². The predicted molar refractivity (Wildman–Crippen MR) is 157 cm³/mol. The molecule has 2 heterocycles. The first-order chi connectivity index (χ1) is 20.2. The molecule has 0 aliphatic carbocycles. The predicted octanol–water partition coefficient (Wildman–Crippen LogP) is 4.10. The molecule has 0 aromatic heterocycles. The molecule has 0 fully saturated rings. The van der Waals surface area contributed by atoms with E-state index in [2.05, 4.69) is 10.3 Å². The number of amidine groups is 1. The summed E-state index contributed by atoms with van der Waals surface area (Å²) >= 11 is 1.01. The number of ether oxygens (including phenoxy) is 4. The maximum Gasteiger partial charge on any atom is 0.338 e. The topological polar surface area (TPSA) is 133 Å². The number of hydrogen-bond acceptors (Lipinski definition) is 10. The number of thioether (sulfide) groups is 1. The molecule has 42 heavy (non-hydrogen) atoms. The van der Waals surface area contributed by atoms with Crippen LogP contribution in [0.5, 0.6) is 11.5 Å². The van der Waals surface area contributed by atoms with E-state index in [0.717, 1.165) is 11.8 Å². The number of carbonyl (C=O) groups is 4. The number of allylic oxidation sites excluding steroid dienone is 1. The van der Waals surface area contributed by atoms with Crippen LogP contribution >= 0.6 is 11.8 Å². The average Bonchev–Trinajstić information content (AvgIpc) is 2.97. The van der Waals surface area contributed by atoms with Gasteiger partial charge in [0, 0.05) is 23.7 Å². The number of nitrogens with one attached hydrogen (secondary N) is 1. The molecule has 0 saturated heterocycles. The smallest absolute Gasteiger partial charge is 0.338 e. The van der Waals surface area contributed by atoms with Crippen molar-refractivity contribution in [2.75, 3.05) is 32.8 Å². The largest absolute Gasteiger partial charge is 0.493 e. The van der Waals surface area contributed by atoms with Crippen molar-refractivity contribution in [1.82, 2.24) is 4.90 Å². The Morgan fingerprint density at radius 2 is 1.67 bits per heavy atom. The van der Waals surface area contributed by atoms with E-state index in [1.165, 1.54) is 37.3 Å². The van der Waals surface area contributed by atoms with Gasteiger partial charge in [-0.25, -0.2) is 14.6 Å². The Morgan fingerprint density at radius 1 is 0.976 bits per heavy atom. The van der Waals surface area contributed by atoms with Gasteiger partial charge >= 0.3 is 11.9 Å². The van der Waals surface area contributed by atoms with Crippen LogP contribution in [-0.4, -0.2) is 67.3 Å². The highest BCUT2D eigenvalue weighted by molar-refractivity contribution is 8.18. The zero-order valence-electron chi connectivity index (χ0n) is 23.9. The van der Waals surface area contributed by atoms with E-state index in [1.807, 2.05) is 6.07 Å². The number of benzene rings is 2. The molecule has 4 rings (SSSR count). The summed E-state index contributed by atoms with van der Waals surface area (Å²) in [5, 5.41) is 2.99. The molecule has 1 N–H and O–H groups in total. The van der Waals surface area contributed by atoms with Crippen LogP contribution in [0.15, 0.2) is 69.7 Å². The van der Waals surface area contributed by atoms with Crippen molar-refractivity contribution in [3.63, 3.8) is 0 Å². The average molecular weight is 594 g/mol. The second kappa shape index (κ2) is 13.4. The lowest BCUT2D eigenvalue weighted by Crippen LogP contribution is -2.50. The van der Waals surface area contributed by atoms with Crippen molar-refractivity contribution in [2.45, 2.75) is 33.2 Å². The van der Waals surface area contributed by atoms with Gasteiger partial charge in [-0.3, -0.25) is 14.5 Å². The van der Waals surface area contributed by atoms with Gasteiger partial charge in [-0.2, -0.15) is 0 Å². The summed E-state index contributed by atoms with van der Waals surface area (Å²) in [6.07, 6.45) is 1.41. The van der Waals surface area contributed by atoms with Crippen LogP contribution in [0.2, 0.25) is 0 Å². The molecule has 0 bridgehead atoms. The van der Waals surface area contributed by atoms with E-state index in [9.17, 15) is 19.2 Å². The molecular weight excluding hydrogens is 562 g/mol. The van der Waals surface area contributed by atoms with Crippen LogP contribution in [0.25, 0.3) is 0 Å². The van der Waals surface area contributed by atoms with Crippen LogP contribution in [0.4, 0.5) is 5.69 Å². The van der Waals surface area contributed by atoms with Gasteiger partial charge in [0.05, 0.1) is 55.2 Å². The van der Waals surface area contributed by atoms with E-state index >= 15 is 0 Å². The van der Waals surface area contributed by atoms with Gasteiger partial charge in [-0.15, -0.1) is 0 Å². The second-order valence-corrected chi connectivity index (χ2v) is 10.1. The van der Waals surface area contributed by atoms with Crippen molar-refractivity contribution in [2.24, 2.45) is 4.99 Å². The van der Waals surface area contributed by atoms with Gasteiger partial charge < -0.3 is 24.3 Å². The maximum absolute atomic E-state index is 13.6. The Hall–Kier alpha value is -4.58. The first kappa shape index (κ1) is 30.4. The lowest BCUT2D eigenvalue weighted by atomic mass is 9.94. The number of aliphatic imine (C=N–C) groups is 1. The number of esters is 2. The number of hydrogen-bond donors (Lipinski definition) is 1. The SMILES string of the molecule is CCOC(=O)C1=C(C)N=C2SC(C(=O)Nc3ccc(C(=O)OCC)cc3)=CC(=O)N2[C@@H]1Cc1cccc(OC)c1OC. The van der Waals surface area contributed by atoms with E-state index in [1.54, 1.807) is 45.0 Å². The number of fused-ring (bicyclic) bond motifs is 1. The number of methoxy groups -OCH3 is 2. The highest BCUT2D eigenvalue weighted by atomic mass is 32.2. The highest BCUT2D eigenvalue weighted by Gasteiger charge is 2.42. The molecule has 12 heteroatoms. The summed E-state index contributed by atoms with van der Waals surface area (Å²) in [5.41, 5.74) is 2.10. The molecule has 2 aromatic rings. The van der Waals surface area contributed by atoms with E-state index in [4.69, 9.17) is 18.9 Å². The normalized spacial score (nSPS) is 16.2. The molecule has 11 nitrogen and oxygen atoms in total. The zero-order valence-corrected chi connectivity index (χ0v) is 24.7. The molecule has 220 valence electrons. The number of nitrogens with zero attached hydrogens (tertiary/aromatic N) is 2. The number of anilines is 1. The molecular formula is C30H31N3O8S. The third-order valence-corrected chi connectivity index (χ3v) is 7.46. The number of para-hydroxylation sites is 1. The Balaban J connectivity index is 1.64. The van der Waals surface area contributed by atoms with E-state index in [0.29, 0.717) is 34.0 Å². The Labute approximate surface area is 247 Å². The first-order valence-electron chi connectivity index (χ1n) is 13.2. The van der Waals surface area contributed by atoms with E-state index < -0.39 is 29.8 Å². The zero-order chi connectivity index (χ0) is 30.4. The number of rotatable bonds is 10. The van der Waals surface area contributed by atoms with Crippen molar-refractivity contribution >= 4 is 46.4 Å². The molecule has 2 aromatic carbocycles. The molecule has 2 aliphatic heterocycles. The third kappa shape index (κ3) is 6.33. The summed E-state index contributed by atoms with van der Waals surface area (Å²) in [6.45, 7) is 5.48. The van der Waals surface area contributed by atoms with Gasteiger partial charge in [-0.1, -0.05) is 12.1 Å². The highest BCUT2D eigenvalue weighted by Crippen LogP contribution is 2.39. The molecule has 1 atom stereocenters. The molecule has 0 radical (unpaired) electrons. The van der Waals surface area contributed by atoms with Gasteiger partial charge in [0.1, 0.15) is 0 Å². The van der Waals surface area contributed by atoms with Crippen LogP contribution in [0, 0.1) is 0 Å². The molecule has 2 amide bonds. The van der Waals surface area contributed by atoms with E-state index in [-0.39, 0.29) is 35.3 Å². The minimum absolute atomic E-state index is 0.120. The minimum Gasteiger partial charge on any atom is -0.493 e.